The van der Waals surface area contributed by atoms with Crippen molar-refractivity contribution < 1.29 is 14.3 Å². The Morgan fingerprint density at radius 1 is 1.21 bits per heavy atom. The maximum absolute atomic E-state index is 12.5. The molecule has 1 amide bonds. The van der Waals surface area contributed by atoms with E-state index in [-0.39, 0.29) is 11.9 Å². The molecular weight excluding hydrogens is 302 g/mol. The first kappa shape index (κ1) is 17.1. The van der Waals surface area contributed by atoms with Gasteiger partial charge in [-0.1, -0.05) is 6.42 Å². The largest absolute Gasteiger partial charge is 0.493 e. The van der Waals surface area contributed by atoms with Crippen LogP contribution in [0.5, 0.6) is 11.5 Å². The second kappa shape index (κ2) is 7.04. The number of amides is 1. The van der Waals surface area contributed by atoms with E-state index in [2.05, 4.69) is 5.32 Å². The lowest BCUT2D eigenvalue weighted by molar-refractivity contribution is -0.123. The van der Waals surface area contributed by atoms with Crippen LogP contribution in [0.15, 0.2) is 12.1 Å². The minimum atomic E-state index is -0.0316. The van der Waals surface area contributed by atoms with Gasteiger partial charge in [-0.25, -0.2) is 0 Å². The standard InChI is InChI=1S/C20H29NO3/c1-12-7-18(23-3)19(24-4)11-17(12)13(2)21-20(22)10-16-9-14-5-6-15(16)8-14/h7,11,13-16H,5-6,8-10H2,1-4H3,(H,21,22). The van der Waals surface area contributed by atoms with E-state index in [4.69, 9.17) is 9.47 Å². The number of carbonyl (C=O) groups excluding carboxylic acids is 1. The van der Waals surface area contributed by atoms with Crippen LogP contribution in [0.2, 0.25) is 0 Å². The third-order valence-corrected chi connectivity index (χ3v) is 5.95. The predicted octanol–water partition coefficient (Wildman–Crippen LogP) is 4.02. The van der Waals surface area contributed by atoms with Crippen LogP contribution in [0.25, 0.3) is 0 Å². The number of rotatable bonds is 6. The SMILES string of the molecule is COc1cc(C)c(C(C)NC(=O)CC2CC3CCC2C3)cc1OC. The van der Waals surface area contributed by atoms with Crippen LogP contribution in [-0.2, 0) is 4.79 Å². The molecular formula is C20H29NO3. The Balaban J connectivity index is 1.63. The molecule has 132 valence electrons. The molecule has 24 heavy (non-hydrogen) atoms. The summed E-state index contributed by atoms with van der Waals surface area (Å²) < 4.78 is 10.7. The van der Waals surface area contributed by atoms with E-state index in [0.717, 1.165) is 28.7 Å². The number of hydrogen-bond donors (Lipinski definition) is 1. The fraction of sp³-hybridized carbons (Fsp3) is 0.650. The number of fused-ring (bicyclic) bond motifs is 2. The number of benzene rings is 1. The van der Waals surface area contributed by atoms with Gasteiger partial charge in [0.25, 0.3) is 0 Å². The van der Waals surface area contributed by atoms with Crippen LogP contribution in [0.4, 0.5) is 0 Å². The molecule has 3 rings (SSSR count). The fourth-order valence-electron chi connectivity index (χ4n) is 4.71. The van der Waals surface area contributed by atoms with Crippen molar-refractivity contribution in [3.05, 3.63) is 23.3 Å². The molecule has 2 saturated carbocycles. The molecule has 4 nitrogen and oxygen atoms in total. The zero-order valence-corrected chi connectivity index (χ0v) is 15.2. The van der Waals surface area contributed by atoms with Gasteiger partial charge < -0.3 is 14.8 Å². The summed E-state index contributed by atoms with van der Waals surface area (Å²) in [4.78, 5) is 12.5. The first-order valence-electron chi connectivity index (χ1n) is 9.03. The van der Waals surface area contributed by atoms with Gasteiger partial charge in [-0.15, -0.1) is 0 Å². The zero-order valence-electron chi connectivity index (χ0n) is 15.2. The summed E-state index contributed by atoms with van der Waals surface area (Å²) >= 11 is 0. The average Bonchev–Trinajstić information content (AvgIpc) is 3.16. The lowest BCUT2D eigenvalue weighted by atomic mass is 9.86. The van der Waals surface area contributed by atoms with Crippen molar-refractivity contribution >= 4 is 5.91 Å². The first-order valence-corrected chi connectivity index (χ1v) is 9.03. The average molecular weight is 331 g/mol. The number of nitrogens with one attached hydrogen (secondary N) is 1. The third-order valence-electron chi connectivity index (χ3n) is 5.95. The van der Waals surface area contributed by atoms with E-state index in [1.54, 1.807) is 14.2 Å². The van der Waals surface area contributed by atoms with E-state index >= 15 is 0 Å². The quantitative estimate of drug-likeness (QED) is 0.856. The van der Waals surface area contributed by atoms with Crippen LogP contribution < -0.4 is 14.8 Å². The van der Waals surface area contributed by atoms with Crippen molar-refractivity contribution in [3.63, 3.8) is 0 Å². The van der Waals surface area contributed by atoms with E-state index in [0.29, 0.717) is 18.1 Å². The first-order chi connectivity index (χ1) is 11.5. The second-order valence-electron chi connectivity index (χ2n) is 7.49. The summed E-state index contributed by atoms with van der Waals surface area (Å²) in [6, 6.07) is 3.90. The van der Waals surface area contributed by atoms with Gasteiger partial charge in [-0.2, -0.15) is 0 Å². The van der Waals surface area contributed by atoms with Crippen LogP contribution >= 0.6 is 0 Å². The number of hydrogen-bond acceptors (Lipinski definition) is 3. The monoisotopic (exact) mass is 331 g/mol. The molecule has 1 aromatic rings. The predicted molar refractivity (Wildman–Crippen MR) is 94.4 cm³/mol. The smallest absolute Gasteiger partial charge is 0.220 e. The summed E-state index contributed by atoms with van der Waals surface area (Å²) in [6.07, 6.45) is 5.99. The summed E-state index contributed by atoms with van der Waals surface area (Å²) in [5, 5.41) is 3.18. The maximum Gasteiger partial charge on any atom is 0.220 e. The van der Waals surface area contributed by atoms with Gasteiger partial charge in [-0.05, 0) is 74.1 Å². The summed E-state index contributed by atoms with van der Waals surface area (Å²) in [5.41, 5.74) is 2.18. The molecule has 0 aliphatic heterocycles. The third kappa shape index (κ3) is 3.38. The van der Waals surface area contributed by atoms with Crippen LogP contribution in [0, 0.1) is 24.7 Å². The summed E-state index contributed by atoms with van der Waals surface area (Å²) in [5.74, 6) is 3.88. The molecule has 0 saturated heterocycles. The van der Waals surface area contributed by atoms with Gasteiger partial charge in [-0.3, -0.25) is 4.79 Å². The van der Waals surface area contributed by atoms with E-state index in [1.165, 1.54) is 25.7 Å². The molecule has 1 aromatic carbocycles. The van der Waals surface area contributed by atoms with Gasteiger partial charge >= 0.3 is 0 Å². The van der Waals surface area contributed by atoms with Crippen molar-refractivity contribution in [1.29, 1.82) is 0 Å². The minimum absolute atomic E-state index is 0.0316. The lowest BCUT2D eigenvalue weighted by Gasteiger charge is -2.23. The number of aryl methyl sites for hydroxylation is 1. The molecule has 0 aromatic heterocycles. The Kier molecular flexibility index (Phi) is 5.02. The van der Waals surface area contributed by atoms with Gasteiger partial charge in [0.15, 0.2) is 11.5 Å². The molecule has 2 bridgehead atoms. The van der Waals surface area contributed by atoms with E-state index < -0.39 is 0 Å². The molecule has 0 radical (unpaired) electrons. The Morgan fingerprint density at radius 2 is 1.92 bits per heavy atom. The highest BCUT2D eigenvalue weighted by Gasteiger charge is 2.40. The summed E-state index contributed by atoms with van der Waals surface area (Å²) in [6.45, 7) is 4.07. The highest BCUT2D eigenvalue weighted by atomic mass is 16.5. The van der Waals surface area contributed by atoms with Crippen LogP contribution in [0.3, 0.4) is 0 Å². The maximum atomic E-state index is 12.5. The minimum Gasteiger partial charge on any atom is -0.493 e. The summed E-state index contributed by atoms with van der Waals surface area (Å²) in [7, 11) is 3.27. The molecule has 4 atom stereocenters. The lowest BCUT2D eigenvalue weighted by Crippen LogP contribution is -2.30. The number of ether oxygens (including phenoxy) is 2. The van der Waals surface area contributed by atoms with Crippen LogP contribution in [0.1, 0.15) is 56.2 Å². The second-order valence-corrected chi connectivity index (χ2v) is 7.49. The van der Waals surface area contributed by atoms with Crippen molar-refractivity contribution in [2.75, 3.05) is 14.2 Å². The van der Waals surface area contributed by atoms with Crippen molar-refractivity contribution in [2.45, 2.75) is 52.0 Å². The Labute approximate surface area is 144 Å². The normalized spacial score (nSPS) is 26.2. The molecule has 2 aliphatic carbocycles. The van der Waals surface area contributed by atoms with E-state index in [1.807, 2.05) is 26.0 Å². The van der Waals surface area contributed by atoms with Crippen molar-refractivity contribution in [3.8, 4) is 11.5 Å². The Morgan fingerprint density at radius 3 is 2.50 bits per heavy atom. The Bertz CT molecular complexity index is 613. The molecule has 2 aliphatic rings. The zero-order chi connectivity index (χ0) is 17.3. The van der Waals surface area contributed by atoms with Crippen LogP contribution in [-0.4, -0.2) is 20.1 Å². The van der Waals surface area contributed by atoms with Gasteiger partial charge in [0.2, 0.25) is 5.91 Å². The molecule has 0 spiro atoms. The molecule has 4 unspecified atom stereocenters. The van der Waals surface area contributed by atoms with E-state index in [9.17, 15) is 4.79 Å². The molecule has 1 N–H and O–H groups in total. The van der Waals surface area contributed by atoms with Gasteiger partial charge in [0.1, 0.15) is 0 Å². The Hall–Kier alpha value is -1.71. The van der Waals surface area contributed by atoms with Gasteiger partial charge in [0, 0.05) is 6.42 Å². The van der Waals surface area contributed by atoms with Crippen molar-refractivity contribution in [2.24, 2.45) is 17.8 Å². The molecule has 4 heteroatoms. The topological polar surface area (TPSA) is 47.6 Å². The van der Waals surface area contributed by atoms with Crippen molar-refractivity contribution in [1.82, 2.24) is 5.32 Å². The highest BCUT2D eigenvalue weighted by Crippen LogP contribution is 2.49. The molecule has 0 heterocycles. The number of methoxy groups -OCH3 is 2. The number of carbonyl (C=O) groups is 1. The highest BCUT2D eigenvalue weighted by molar-refractivity contribution is 5.77. The van der Waals surface area contributed by atoms with Gasteiger partial charge in [0.05, 0.1) is 20.3 Å². The fourth-order valence-corrected chi connectivity index (χ4v) is 4.71. The molecule has 2 fully saturated rings.